The van der Waals surface area contributed by atoms with Gasteiger partial charge in [-0.3, -0.25) is 4.79 Å². The van der Waals surface area contributed by atoms with Crippen LogP contribution in [0.2, 0.25) is 0 Å². The Morgan fingerprint density at radius 3 is 2.72 bits per heavy atom. The molecule has 7 heteroatoms. The zero-order valence-corrected chi connectivity index (χ0v) is 16.0. The predicted molar refractivity (Wildman–Crippen MR) is 109 cm³/mol. The number of aromatic nitrogens is 1. The van der Waals surface area contributed by atoms with E-state index >= 15 is 0 Å². The minimum Gasteiger partial charge on any atom is -0.496 e. The number of nitrogens with one attached hydrogen (secondary N) is 2. The third-order valence-electron chi connectivity index (χ3n) is 4.53. The van der Waals surface area contributed by atoms with Crippen LogP contribution < -0.4 is 24.8 Å². The van der Waals surface area contributed by atoms with Gasteiger partial charge in [-0.25, -0.2) is 4.98 Å². The molecule has 1 aliphatic rings. The van der Waals surface area contributed by atoms with E-state index in [0.29, 0.717) is 24.4 Å². The van der Waals surface area contributed by atoms with Gasteiger partial charge in [0, 0.05) is 18.3 Å². The Kier molecular flexibility index (Phi) is 5.47. The molecule has 148 valence electrons. The number of ether oxygens (including phenoxy) is 3. The van der Waals surface area contributed by atoms with Gasteiger partial charge < -0.3 is 24.8 Å². The number of rotatable bonds is 7. The summed E-state index contributed by atoms with van der Waals surface area (Å²) >= 11 is 0. The average Bonchev–Trinajstić information content (AvgIpc) is 3.22. The topological polar surface area (TPSA) is 81.7 Å². The smallest absolute Gasteiger partial charge is 0.269 e. The minimum absolute atomic E-state index is 0.213. The third-order valence-corrected chi connectivity index (χ3v) is 4.53. The number of fused-ring (bicyclic) bond motifs is 1. The fourth-order valence-corrected chi connectivity index (χ4v) is 3.05. The van der Waals surface area contributed by atoms with Gasteiger partial charge in [-0.15, -0.1) is 0 Å². The number of para-hydroxylation sites is 1. The minimum atomic E-state index is -0.213. The van der Waals surface area contributed by atoms with Crippen molar-refractivity contribution in [1.82, 2.24) is 10.3 Å². The second kappa shape index (κ2) is 8.52. The second-order valence-electron chi connectivity index (χ2n) is 6.44. The van der Waals surface area contributed by atoms with Crippen LogP contribution in [0.1, 0.15) is 16.1 Å². The molecule has 0 saturated heterocycles. The van der Waals surface area contributed by atoms with Crippen LogP contribution in [0.15, 0.2) is 60.8 Å². The first kappa shape index (κ1) is 18.6. The highest BCUT2D eigenvalue weighted by molar-refractivity contribution is 5.92. The molecule has 0 fully saturated rings. The van der Waals surface area contributed by atoms with Crippen molar-refractivity contribution in [3.63, 3.8) is 0 Å². The summed E-state index contributed by atoms with van der Waals surface area (Å²) < 4.78 is 16.0. The third kappa shape index (κ3) is 4.40. The second-order valence-corrected chi connectivity index (χ2v) is 6.44. The molecule has 4 rings (SSSR count). The van der Waals surface area contributed by atoms with E-state index in [1.807, 2.05) is 48.5 Å². The molecule has 0 atom stereocenters. The van der Waals surface area contributed by atoms with E-state index in [4.69, 9.17) is 14.2 Å². The van der Waals surface area contributed by atoms with E-state index in [1.165, 1.54) is 0 Å². The largest absolute Gasteiger partial charge is 0.496 e. The van der Waals surface area contributed by atoms with E-state index in [1.54, 1.807) is 19.4 Å². The molecule has 7 nitrogen and oxygen atoms in total. The number of carbonyl (C=O) groups is 1. The first-order valence-electron chi connectivity index (χ1n) is 9.26. The maximum Gasteiger partial charge on any atom is 0.269 e. The molecule has 2 N–H and O–H groups in total. The van der Waals surface area contributed by atoms with Crippen molar-refractivity contribution in [3.05, 3.63) is 72.1 Å². The molecule has 3 aromatic rings. The van der Waals surface area contributed by atoms with Gasteiger partial charge in [0.05, 0.1) is 19.0 Å². The summed E-state index contributed by atoms with van der Waals surface area (Å²) in [5.41, 5.74) is 3.03. The predicted octanol–water partition coefficient (Wildman–Crippen LogP) is 3.54. The van der Waals surface area contributed by atoms with Crippen molar-refractivity contribution in [2.24, 2.45) is 0 Å². The lowest BCUT2D eigenvalue weighted by molar-refractivity contribution is 0.0949. The van der Waals surface area contributed by atoms with Crippen LogP contribution in [-0.4, -0.2) is 31.3 Å². The summed E-state index contributed by atoms with van der Waals surface area (Å²) in [6.07, 6.45) is 2.30. The number of benzene rings is 2. The van der Waals surface area contributed by atoms with Gasteiger partial charge in [0.15, 0.2) is 11.5 Å². The molecule has 0 spiro atoms. The standard InChI is InChI=1S/C22H21N3O4/c1-27-19-5-3-2-4-15(19)10-11-23-22(26)18-8-6-17(13-24-18)25-16-7-9-20-21(12-16)29-14-28-20/h2-9,12-13,25H,10-11,14H2,1H3,(H,23,26). The molecule has 1 aromatic heterocycles. The van der Waals surface area contributed by atoms with Crippen molar-refractivity contribution < 1.29 is 19.0 Å². The number of pyridine rings is 1. The molecule has 0 radical (unpaired) electrons. The van der Waals surface area contributed by atoms with Crippen LogP contribution >= 0.6 is 0 Å². The van der Waals surface area contributed by atoms with Crippen molar-refractivity contribution >= 4 is 17.3 Å². The first-order valence-corrected chi connectivity index (χ1v) is 9.26. The number of anilines is 2. The summed E-state index contributed by atoms with van der Waals surface area (Å²) in [6, 6.07) is 16.9. The number of nitrogens with zero attached hydrogens (tertiary/aromatic N) is 1. The van der Waals surface area contributed by atoms with Gasteiger partial charge >= 0.3 is 0 Å². The van der Waals surface area contributed by atoms with Gasteiger partial charge in [0.25, 0.3) is 5.91 Å². The highest BCUT2D eigenvalue weighted by Gasteiger charge is 2.13. The van der Waals surface area contributed by atoms with E-state index in [0.717, 1.165) is 28.4 Å². The Morgan fingerprint density at radius 2 is 1.90 bits per heavy atom. The average molecular weight is 391 g/mol. The van der Waals surface area contributed by atoms with Gasteiger partial charge in [0.2, 0.25) is 6.79 Å². The molecule has 0 saturated carbocycles. The van der Waals surface area contributed by atoms with Crippen molar-refractivity contribution in [1.29, 1.82) is 0 Å². The highest BCUT2D eigenvalue weighted by atomic mass is 16.7. The molecule has 1 aliphatic heterocycles. The summed E-state index contributed by atoms with van der Waals surface area (Å²) in [6.45, 7) is 0.735. The Bertz CT molecular complexity index is 1010. The maximum atomic E-state index is 12.3. The summed E-state index contributed by atoms with van der Waals surface area (Å²) in [4.78, 5) is 16.6. The summed E-state index contributed by atoms with van der Waals surface area (Å²) in [5, 5.41) is 6.12. The van der Waals surface area contributed by atoms with Gasteiger partial charge in [-0.05, 0) is 42.3 Å². The number of hydrogen-bond acceptors (Lipinski definition) is 6. The normalized spacial score (nSPS) is 11.8. The van der Waals surface area contributed by atoms with Crippen LogP contribution in [0.4, 0.5) is 11.4 Å². The van der Waals surface area contributed by atoms with E-state index in [9.17, 15) is 4.79 Å². The maximum absolute atomic E-state index is 12.3. The number of hydrogen-bond donors (Lipinski definition) is 2. The molecule has 29 heavy (non-hydrogen) atoms. The highest BCUT2D eigenvalue weighted by Crippen LogP contribution is 2.35. The summed E-state index contributed by atoms with van der Waals surface area (Å²) in [5.74, 6) is 2.04. The molecular weight excluding hydrogens is 370 g/mol. The Morgan fingerprint density at radius 1 is 1.07 bits per heavy atom. The van der Waals surface area contributed by atoms with Crippen LogP contribution in [0.5, 0.6) is 17.2 Å². The zero-order chi connectivity index (χ0) is 20.1. The molecular formula is C22H21N3O4. The molecule has 1 amide bonds. The Labute approximate surface area is 168 Å². The lowest BCUT2D eigenvalue weighted by Gasteiger charge is -2.10. The molecule has 0 unspecified atom stereocenters. The van der Waals surface area contributed by atoms with Crippen molar-refractivity contribution in [3.8, 4) is 17.2 Å². The lowest BCUT2D eigenvalue weighted by Crippen LogP contribution is -2.26. The number of carbonyl (C=O) groups excluding carboxylic acids is 1. The number of methoxy groups -OCH3 is 1. The van der Waals surface area contributed by atoms with Crippen LogP contribution in [0, 0.1) is 0 Å². The monoisotopic (exact) mass is 391 g/mol. The Hall–Kier alpha value is -3.74. The quantitative estimate of drug-likeness (QED) is 0.641. The number of amides is 1. The van der Waals surface area contributed by atoms with Crippen molar-refractivity contribution in [2.75, 3.05) is 25.8 Å². The fourth-order valence-electron chi connectivity index (χ4n) is 3.05. The SMILES string of the molecule is COc1ccccc1CCNC(=O)c1ccc(Nc2ccc3c(c2)OCO3)cn1. The van der Waals surface area contributed by atoms with E-state index < -0.39 is 0 Å². The molecule has 0 bridgehead atoms. The van der Waals surface area contributed by atoms with Crippen LogP contribution in [0.25, 0.3) is 0 Å². The Balaban J connectivity index is 1.32. The molecule has 0 aliphatic carbocycles. The molecule has 2 aromatic carbocycles. The van der Waals surface area contributed by atoms with Crippen molar-refractivity contribution in [2.45, 2.75) is 6.42 Å². The van der Waals surface area contributed by atoms with Gasteiger partial charge in [-0.1, -0.05) is 18.2 Å². The van der Waals surface area contributed by atoms with Gasteiger partial charge in [-0.2, -0.15) is 0 Å². The van der Waals surface area contributed by atoms with E-state index in [-0.39, 0.29) is 12.7 Å². The van der Waals surface area contributed by atoms with Gasteiger partial charge in [0.1, 0.15) is 11.4 Å². The lowest BCUT2D eigenvalue weighted by atomic mass is 10.1. The van der Waals surface area contributed by atoms with Crippen LogP contribution in [0.3, 0.4) is 0 Å². The van der Waals surface area contributed by atoms with Crippen LogP contribution in [-0.2, 0) is 6.42 Å². The molecule has 2 heterocycles. The fraction of sp³-hybridized carbons (Fsp3) is 0.182. The van der Waals surface area contributed by atoms with E-state index in [2.05, 4.69) is 15.6 Å². The zero-order valence-electron chi connectivity index (χ0n) is 16.0. The first-order chi connectivity index (χ1) is 14.2. The summed E-state index contributed by atoms with van der Waals surface area (Å²) in [7, 11) is 1.64.